The van der Waals surface area contributed by atoms with Crippen molar-refractivity contribution in [1.29, 1.82) is 0 Å². The Labute approximate surface area is 170 Å². The van der Waals surface area contributed by atoms with E-state index in [0.717, 1.165) is 10.9 Å². The van der Waals surface area contributed by atoms with Gasteiger partial charge in [-0.05, 0) is 36.6 Å². The maximum atomic E-state index is 12.4. The highest BCUT2D eigenvalue weighted by atomic mass is 19.4. The summed E-state index contributed by atoms with van der Waals surface area (Å²) in [5.74, 6) is -0.442. The van der Waals surface area contributed by atoms with E-state index in [-0.39, 0.29) is 24.7 Å². The molecule has 1 aromatic carbocycles. The number of pyridine rings is 1. The van der Waals surface area contributed by atoms with Crippen molar-refractivity contribution >= 4 is 16.8 Å². The molecule has 7 nitrogen and oxygen atoms in total. The van der Waals surface area contributed by atoms with Gasteiger partial charge < -0.3 is 15.2 Å². The molecule has 30 heavy (non-hydrogen) atoms. The van der Waals surface area contributed by atoms with Gasteiger partial charge in [-0.1, -0.05) is 12.1 Å². The zero-order valence-corrected chi connectivity index (χ0v) is 16.2. The summed E-state index contributed by atoms with van der Waals surface area (Å²) in [7, 11) is 0. The van der Waals surface area contributed by atoms with Gasteiger partial charge in [-0.15, -0.1) is 13.2 Å². The second-order valence-electron chi connectivity index (χ2n) is 6.77. The Hall–Kier alpha value is -3.14. The molecule has 0 spiro atoms. The number of carbonyl (C=O) groups excluding carboxylic acids is 1. The Morgan fingerprint density at radius 2 is 2.10 bits per heavy atom. The minimum atomic E-state index is -4.74. The molecule has 0 saturated carbocycles. The maximum Gasteiger partial charge on any atom is 0.573 e. The summed E-state index contributed by atoms with van der Waals surface area (Å²) in [6.07, 6.45) is -0.845. The zero-order chi connectivity index (χ0) is 21.7. The van der Waals surface area contributed by atoms with Crippen molar-refractivity contribution in [3.63, 3.8) is 0 Å². The lowest BCUT2D eigenvalue weighted by Gasteiger charge is -2.12. The monoisotopic (exact) mass is 422 g/mol. The third kappa shape index (κ3) is 5.69. The lowest BCUT2D eigenvalue weighted by Crippen LogP contribution is -2.26. The first kappa shape index (κ1) is 21.6. The van der Waals surface area contributed by atoms with Crippen LogP contribution >= 0.6 is 0 Å². The van der Waals surface area contributed by atoms with Crippen molar-refractivity contribution in [3.05, 3.63) is 53.5 Å². The third-order valence-electron chi connectivity index (χ3n) is 4.36. The fourth-order valence-corrected chi connectivity index (χ4v) is 3.03. The lowest BCUT2D eigenvalue weighted by molar-refractivity contribution is -0.274. The van der Waals surface area contributed by atoms with Crippen molar-refractivity contribution in [2.45, 2.75) is 32.7 Å². The first-order valence-corrected chi connectivity index (χ1v) is 9.29. The van der Waals surface area contributed by atoms with Crippen LogP contribution < -0.4 is 10.1 Å². The molecule has 2 aromatic heterocycles. The molecule has 0 aliphatic carbocycles. The van der Waals surface area contributed by atoms with Crippen molar-refractivity contribution < 1.29 is 27.8 Å². The van der Waals surface area contributed by atoms with E-state index in [9.17, 15) is 18.0 Å². The van der Waals surface area contributed by atoms with Crippen LogP contribution in [0.2, 0.25) is 0 Å². The predicted octanol–water partition coefficient (Wildman–Crippen LogP) is 2.73. The fourth-order valence-electron chi connectivity index (χ4n) is 3.03. The topological polar surface area (TPSA) is 89.3 Å². The standard InChI is InChI=1S/C20H21F3N4O3/c1-13-9-14(3-4-18(13)30-20(21,22)23)11-27-12-15-16(26-27)5-7-24-17(15)10-19(29)25-6-2-8-28/h3-5,7,9,12,28H,2,6,8,10-11H2,1H3,(H,25,29). The SMILES string of the molecule is Cc1cc(Cn2cc3c(CC(=O)NCCCO)nccc3n2)ccc1OC(F)(F)F. The number of alkyl halides is 3. The summed E-state index contributed by atoms with van der Waals surface area (Å²) in [5.41, 5.74) is 2.36. The summed E-state index contributed by atoms with van der Waals surface area (Å²) >= 11 is 0. The van der Waals surface area contributed by atoms with Crippen LogP contribution in [-0.2, 0) is 17.8 Å². The van der Waals surface area contributed by atoms with Gasteiger partial charge in [-0.2, -0.15) is 5.10 Å². The van der Waals surface area contributed by atoms with E-state index in [2.05, 4.69) is 20.1 Å². The lowest BCUT2D eigenvalue weighted by atomic mass is 10.1. The number of ether oxygens (including phenoxy) is 1. The molecule has 3 rings (SSSR count). The third-order valence-corrected chi connectivity index (χ3v) is 4.36. The minimum Gasteiger partial charge on any atom is -0.406 e. The van der Waals surface area contributed by atoms with Gasteiger partial charge in [0.15, 0.2) is 0 Å². The number of nitrogens with one attached hydrogen (secondary N) is 1. The van der Waals surface area contributed by atoms with Crippen LogP contribution in [0.1, 0.15) is 23.2 Å². The van der Waals surface area contributed by atoms with Crippen molar-refractivity contribution in [1.82, 2.24) is 20.1 Å². The van der Waals surface area contributed by atoms with E-state index in [1.807, 2.05) is 0 Å². The van der Waals surface area contributed by atoms with Gasteiger partial charge in [0.2, 0.25) is 5.91 Å². The van der Waals surface area contributed by atoms with Crippen molar-refractivity contribution in [3.8, 4) is 5.75 Å². The molecule has 0 aliphatic rings. The quantitative estimate of drug-likeness (QED) is 0.545. The number of hydrogen-bond donors (Lipinski definition) is 2. The van der Waals surface area contributed by atoms with Crippen molar-refractivity contribution in [2.24, 2.45) is 0 Å². The number of rotatable bonds is 8. The van der Waals surface area contributed by atoms with Crippen LogP contribution in [0.25, 0.3) is 10.9 Å². The second kappa shape index (κ2) is 9.12. The Balaban J connectivity index is 1.75. The predicted molar refractivity (Wildman–Crippen MR) is 103 cm³/mol. The molecule has 0 bridgehead atoms. The summed E-state index contributed by atoms with van der Waals surface area (Å²) in [6, 6.07) is 6.17. The molecular weight excluding hydrogens is 401 g/mol. The fraction of sp³-hybridized carbons (Fsp3) is 0.350. The van der Waals surface area contributed by atoms with Crippen LogP contribution in [-0.4, -0.2) is 45.3 Å². The number of fused-ring (bicyclic) bond motifs is 1. The van der Waals surface area contributed by atoms with Gasteiger partial charge in [0.25, 0.3) is 0 Å². The van der Waals surface area contributed by atoms with E-state index in [1.165, 1.54) is 6.07 Å². The summed E-state index contributed by atoms with van der Waals surface area (Å²) in [5, 5.41) is 16.7. The average molecular weight is 422 g/mol. The first-order valence-electron chi connectivity index (χ1n) is 9.29. The van der Waals surface area contributed by atoms with E-state index in [1.54, 1.807) is 42.2 Å². The molecule has 3 aromatic rings. The normalized spacial score (nSPS) is 11.6. The van der Waals surface area contributed by atoms with Crippen LogP contribution in [0.5, 0.6) is 5.75 Å². The van der Waals surface area contributed by atoms with Gasteiger partial charge in [0.05, 0.1) is 24.2 Å². The Kier molecular flexibility index (Phi) is 6.56. The summed E-state index contributed by atoms with van der Waals surface area (Å²) in [6.45, 7) is 2.27. The Bertz CT molecular complexity index is 1030. The van der Waals surface area contributed by atoms with Crippen LogP contribution in [0.15, 0.2) is 36.7 Å². The van der Waals surface area contributed by atoms with E-state index in [0.29, 0.717) is 36.3 Å². The van der Waals surface area contributed by atoms with Crippen LogP contribution in [0.4, 0.5) is 13.2 Å². The molecule has 0 aliphatic heterocycles. The number of aromatic nitrogens is 3. The van der Waals surface area contributed by atoms with Crippen LogP contribution in [0, 0.1) is 6.92 Å². The van der Waals surface area contributed by atoms with Crippen LogP contribution in [0.3, 0.4) is 0 Å². The van der Waals surface area contributed by atoms with E-state index < -0.39 is 6.36 Å². The number of halogens is 3. The van der Waals surface area contributed by atoms with Gasteiger partial charge in [0, 0.05) is 30.9 Å². The van der Waals surface area contributed by atoms with E-state index >= 15 is 0 Å². The summed E-state index contributed by atoms with van der Waals surface area (Å²) < 4.78 is 42.9. The molecule has 10 heteroatoms. The molecule has 0 fully saturated rings. The summed E-state index contributed by atoms with van der Waals surface area (Å²) in [4.78, 5) is 16.3. The van der Waals surface area contributed by atoms with Gasteiger partial charge in [-0.3, -0.25) is 14.5 Å². The minimum absolute atomic E-state index is 0.00364. The Morgan fingerprint density at radius 1 is 1.30 bits per heavy atom. The molecule has 0 atom stereocenters. The number of nitrogens with zero attached hydrogens (tertiary/aromatic N) is 3. The molecule has 0 saturated heterocycles. The number of amides is 1. The van der Waals surface area contributed by atoms with Gasteiger partial charge in [0.1, 0.15) is 5.75 Å². The maximum absolute atomic E-state index is 12.4. The van der Waals surface area contributed by atoms with Crippen molar-refractivity contribution in [2.75, 3.05) is 13.2 Å². The number of aryl methyl sites for hydroxylation is 1. The average Bonchev–Trinajstić information content (AvgIpc) is 3.07. The molecule has 0 radical (unpaired) electrons. The molecule has 1 amide bonds. The Morgan fingerprint density at radius 3 is 2.80 bits per heavy atom. The molecular formula is C20H21F3N4O3. The number of carbonyl (C=O) groups is 1. The smallest absolute Gasteiger partial charge is 0.406 e. The zero-order valence-electron chi connectivity index (χ0n) is 16.2. The second-order valence-corrected chi connectivity index (χ2v) is 6.77. The number of aliphatic hydroxyl groups is 1. The first-order chi connectivity index (χ1) is 14.2. The number of aliphatic hydroxyl groups excluding tert-OH is 1. The van der Waals surface area contributed by atoms with Gasteiger partial charge in [-0.25, -0.2) is 0 Å². The highest BCUT2D eigenvalue weighted by Crippen LogP contribution is 2.27. The number of hydrogen-bond acceptors (Lipinski definition) is 5. The largest absolute Gasteiger partial charge is 0.573 e. The molecule has 160 valence electrons. The van der Waals surface area contributed by atoms with Gasteiger partial charge >= 0.3 is 6.36 Å². The number of benzene rings is 1. The highest BCUT2D eigenvalue weighted by molar-refractivity contribution is 5.86. The molecule has 2 N–H and O–H groups in total. The highest BCUT2D eigenvalue weighted by Gasteiger charge is 2.31. The molecule has 2 heterocycles. The molecule has 0 unspecified atom stereocenters. The van der Waals surface area contributed by atoms with E-state index in [4.69, 9.17) is 5.11 Å².